The maximum Gasteiger partial charge on any atom is 0.130 e. The standard InChI is InChI=1S/C11H13FO2/c1-14-9-4-2-3-8(12)10(9)11(7-13)5-6-11/h2-4,13H,5-7H2,1H3. The largest absolute Gasteiger partial charge is 0.496 e. The van der Waals surface area contributed by atoms with E-state index in [-0.39, 0.29) is 17.8 Å². The summed E-state index contributed by atoms with van der Waals surface area (Å²) in [6.45, 7) is -0.00963. The minimum Gasteiger partial charge on any atom is -0.496 e. The molecule has 1 aromatic rings. The summed E-state index contributed by atoms with van der Waals surface area (Å²) in [5, 5.41) is 9.23. The Morgan fingerprint density at radius 2 is 2.21 bits per heavy atom. The lowest BCUT2D eigenvalue weighted by Crippen LogP contribution is -2.15. The van der Waals surface area contributed by atoms with Crippen LogP contribution in [0.5, 0.6) is 5.75 Å². The lowest BCUT2D eigenvalue weighted by atomic mass is 9.95. The molecule has 0 heterocycles. The van der Waals surface area contributed by atoms with Crippen molar-refractivity contribution in [2.75, 3.05) is 13.7 Å². The van der Waals surface area contributed by atoms with E-state index < -0.39 is 0 Å². The van der Waals surface area contributed by atoms with Crippen molar-refractivity contribution in [1.82, 2.24) is 0 Å². The molecular formula is C11H13FO2. The quantitative estimate of drug-likeness (QED) is 0.799. The zero-order chi connectivity index (χ0) is 10.2. The van der Waals surface area contributed by atoms with Gasteiger partial charge in [0.15, 0.2) is 0 Å². The van der Waals surface area contributed by atoms with Crippen LogP contribution >= 0.6 is 0 Å². The zero-order valence-corrected chi connectivity index (χ0v) is 8.09. The summed E-state index contributed by atoms with van der Waals surface area (Å²) < 4.78 is 18.7. The fraction of sp³-hybridized carbons (Fsp3) is 0.455. The highest BCUT2D eigenvalue weighted by molar-refractivity contribution is 5.44. The van der Waals surface area contributed by atoms with Gasteiger partial charge in [-0.1, -0.05) is 6.07 Å². The summed E-state index contributed by atoms with van der Waals surface area (Å²) >= 11 is 0. The van der Waals surface area contributed by atoms with Gasteiger partial charge in [0.2, 0.25) is 0 Å². The number of methoxy groups -OCH3 is 1. The van der Waals surface area contributed by atoms with Crippen LogP contribution in [-0.2, 0) is 5.41 Å². The second-order valence-corrected chi connectivity index (χ2v) is 3.76. The van der Waals surface area contributed by atoms with Crippen LogP contribution in [0.4, 0.5) is 4.39 Å². The average Bonchev–Trinajstić information content (AvgIpc) is 2.98. The molecule has 0 bridgehead atoms. The molecule has 1 N–H and O–H groups in total. The minimum absolute atomic E-state index is 0.00963. The number of rotatable bonds is 3. The Kier molecular flexibility index (Phi) is 2.19. The van der Waals surface area contributed by atoms with Crippen LogP contribution in [0.2, 0.25) is 0 Å². The summed E-state index contributed by atoms with van der Waals surface area (Å²) in [4.78, 5) is 0. The monoisotopic (exact) mass is 196 g/mol. The van der Waals surface area contributed by atoms with Gasteiger partial charge < -0.3 is 9.84 Å². The van der Waals surface area contributed by atoms with E-state index in [1.165, 1.54) is 13.2 Å². The van der Waals surface area contributed by atoms with Crippen molar-refractivity contribution in [3.05, 3.63) is 29.6 Å². The molecule has 2 rings (SSSR count). The third-order valence-electron chi connectivity index (χ3n) is 2.88. The molecule has 2 nitrogen and oxygen atoms in total. The summed E-state index contributed by atoms with van der Waals surface area (Å²) in [6.07, 6.45) is 1.67. The summed E-state index contributed by atoms with van der Waals surface area (Å²) in [5.41, 5.74) is 0.154. The average molecular weight is 196 g/mol. The Morgan fingerprint density at radius 3 is 2.71 bits per heavy atom. The molecule has 76 valence electrons. The molecule has 14 heavy (non-hydrogen) atoms. The second kappa shape index (κ2) is 3.24. The molecule has 0 unspecified atom stereocenters. The van der Waals surface area contributed by atoms with Crippen molar-refractivity contribution in [3.8, 4) is 5.75 Å². The van der Waals surface area contributed by atoms with Gasteiger partial charge >= 0.3 is 0 Å². The first-order chi connectivity index (χ1) is 6.73. The number of aliphatic hydroxyl groups is 1. The molecule has 1 saturated carbocycles. The predicted molar refractivity (Wildman–Crippen MR) is 50.9 cm³/mol. The second-order valence-electron chi connectivity index (χ2n) is 3.76. The highest BCUT2D eigenvalue weighted by Gasteiger charge is 2.47. The molecule has 0 aliphatic heterocycles. The molecule has 0 spiro atoms. The number of ether oxygens (including phenoxy) is 1. The van der Waals surface area contributed by atoms with Crippen LogP contribution in [-0.4, -0.2) is 18.8 Å². The third kappa shape index (κ3) is 1.28. The van der Waals surface area contributed by atoms with Crippen LogP contribution in [0.15, 0.2) is 18.2 Å². The van der Waals surface area contributed by atoms with E-state index in [1.807, 2.05) is 0 Å². The molecule has 0 amide bonds. The molecule has 1 aliphatic carbocycles. The number of hydrogen-bond acceptors (Lipinski definition) is 2. The zero-order valence-electron chi connectivity index (χ0n) is 8.09. The molecular weight excluding hydrogens is 183 g/mol. The van der Waals surface area contributed by atoms with Gasteiger partial charge in [0.1, 0.15) is 11.6 Å². The fourth-order valence-corrected chi connectivity index (χ4v) is 1.83. The Morgan fingerprint density at radius 1 is 1.50 bits per heavy atom. The van der Waals surface area contributed by atoms with Gasteiger partial charge in [0.25, 0.3) is 0 Å². The first-order valence-corrected chi connectivity index (χ1v) is 4.67. The first-order valence-electron chi connectivity index (χ1n) is 4.67. The van der Waals surface area contributed by atoms with Crippen LogP contribution < -0.4 is 4.74 Å². The number of aliphatic hydroxyl groups excluding tert-OH is 1. The molecule has 3 heteroatoms. The van der Waals surface area contributed by atoms with Gasteiger partial charge in [0, 0.05) is 11.0 Å². The van der Waals surface area contributed by atoms with E-state index in [2.05, 4.69) is 0 Å². The first kappa shape index (κ1) is 9.46. The third-order valence-corrected chi connectivity index (χ3v) is 2.88. The van der Waals surface area contributed by atoms with Crippen LogP contribution in [0, 0.1) is 5.82 Å². The molecule has 0 radical (unpaired) electrons. The van der Waals surface area contributed by atoms with Crippen molar-refractivity contribution in [2.24, 2.45) is 0 Å². The molecule has 0 atom stereocenters. The normalized spacial score (nSPS) is 17.9. The van der Waals surface area contributed by atoms with Crippen LogP contribution in [0.1, 0.15) is 18.4 Å². The Labute approximate surface area is 82.3 Å². The molecule has 1 aromatic carbocycles. The van der Waals surface area contributed by atoms with E-state index in [1.54, 1.807) is 12.1 Å². The van der Waals surface area contributed by atoms with E-state index >= 15 is 0 Å². The highest BCUT2D eigenvalue weighted by atomic mass is 19.1. The van der Waals surface area contributed by atoms with Gasteiger partial charge in [-0.2, -0.15) is 0 Å². The van der Waals surface area contributed by atoms with Crippen LogP contribution in [0.25, 0.3) is 0 Å². The topological polar surface area (TPSA) is 29.5 Å². The Bertz CT molecular complexity index is 345. The van der Waals surface area contributed by atoms with Crippen molar-refractivity contribution in [3.63, 3.8) is 0 Å². The smallest absolute Gasteiger partial charge is 0.130 e. The molecule has 1 fully saturated rings. The summed E-state index contributed by atoms with van der Waals surface area (Å²) in [6, 6.07) is 4.76. The Hall–Kier alpha value is -1.09. The number of halogens is 1. The maximum atomic E-state index is 13.6. The summed E-state index contributed by atoms with van der Waals surface area (Å²) in [7, 11) is 1.52. The number of hydrogen-bond donors (Lipinski definition) is 1. The Balaban J connectivity index is 2.50. The van der Waals surface area contributed by atoms with Gasteiger partial charge in [-0.3, -0.25) is 0 Å². The lowest BCUT2D eigenvalue weighted by molar-refractivity contribution is 0.248. The van der Waals surface area contributed by atoms with Crippen molar-refractivity contribution in [1.29, 1.82) is 0 Å². The number of benzene rings is 1. The van der Waals surface area contributed by atoms with Crippen molar-refractivity contribution in [2.45, 2.75) is 18.3 Å². The SMILES string of the molecule is COc1cccc(F)c1C1(CO)CC1. The fourth-order valence-electron chi connectivity index (χ4n) is 1.83. The van der Waals surface area contributed by atoms with E-state index in [0.29, 0.717) is 11.3 Å². The van der Waals surface area contributed by atoms with Crippen molar-refractivity contribution < 1.29 is 14.2 Å². The molecule has 1 aliphatic rings. The van der Waals surface area contributed by atoms with E-state index in [9.17, 15) is 9.50 Å². The lowest BCUT2D eigenvalue weighted by Gasteiger charge is -2.16. The van der Waals surface area contributed by atoms with Crippen LogP contribution in [0.3, 0.4) is 0 Å². The predicted octanol–water partition coefficient (Wildman–Crippen LogP) is 1.86. The van der Waals surface area contributed by atoms with Gasteiger partial charge in [-0.05, 0) is 25.0 Å². The highest BCUT2D eigenvalue weighted by Crippen LogP contribution is 2.51. The van der Waals surface area contributed by atoms with Crippen molar-refractivity contribution >= 4 is 0 Å². The summed E-state index contributed by atoms with van der Waals surface area (Å²) in [5.74, 6) is 0.257. The maximum absolute atomic E-state index is 13.6. The molecule has 0 saturated heterocycles. The van der Waals surface area contributed by atoms with E-state index in [0.717, 1.165) is 12.8 Å². The minimum atomic E-state index is -0.378. The van der Waals surface area contributed by atoms with Gasteiger partial charge in [0.05, 0.1) is 13.7 Å². The molecule has 0 aromatic heterocycles. The van der Waals surface area contributed by atoms with Gasteiger partial charge in [-0.15, -0.1) is 0 Å². The van der Waals surface area contributed by atoms with E-state index in [4.69, 9.17) is 4.74 Å². The van der Waals surface area contributed by atoms with Gasteiger partial charge in [-0.25, -0.2) is 4.39 Å².